The molecule has 2 aliphatic heterocycles. The van der Waals surface area contributed by atoms with Crippen LogP contribution in [0.25, 0.3) is 0 Å². The molecule has 0 aromatic carbocycles. The standard InChI is InChI=1S/2C5H9NO2/c1-2-4-3-8-5(7)6-4;1-2-4-3-6-5(7)8-4/h2*4H,2-3H2,1H3,(H,6,7)/t2*4-/m01/s1. The molecule has 16 heavy (non-hydrogen) atoms. The van der Waals surface area contributed by atoms with E-state index in [1.807, 2.05) is 13.8 Å². The van der Waals surface area contributed by atoms with Gasteiger partial charge < -0.3 is 20.1 Å². The largest absolute Gasteiger partial charge is 0.447 e. The first-order valence-corrected chi connectivity index (χ1v) is 5.53. The van der Waals surface area contributed by atoms with Crippen LogP contribution < -0.4 is 10.6 Å². The summed E-state index contributed by atoms with van der Waals surface area (Å²) < 4.78 is 9.37. The van der Waals surface area contributed by atoms with Gasteiger partial charge in [0.2, 0.25) is 0 Å². The van der Waals surface area contributed by atoms with Crippen LogP contribution in [-0.2, 0) is 9.47 Å². The average Bonchev–Trinajstić information content (AvgIpc) is 2.88. The summed E-state index contributed by atoms with van der Waals surface area (Å²) in [5.41, 5.74) is 0. The average molecular weight is 230 g/mol. The second-order valence-electron chi connectivity index (χ2n) is 3.66. The van der Waals surface area contributed by atoms with E-state index in [4.69, 9.17) is 4.74 Å². The van der Waals surface area contributed by atoms with E-state index in [-0.39, 0.29) is 24.3 Å². The topological polar surface area (TPSA) is 76.7 Å². The normalized spacial score (nSPS) is 27.1. The van der Waals surface area contributed by atoms with Crippen LogP contribution in [0.1, 0.15) is 26.7 Å². The Morgan fingerprint density at radius 3 is 2.25 bits per heavy atom. The van der Waals surface area contributed by atoms with Crippen molar-refractivity contribution in [2.45, 2.75) is 38.8 Å². The Kier molecular flexibility index (Phi) is 4.88. The van der Waals surface area contributed by atoms with Crippen molar-refractivity contribution in [3.63, 3.8) is 0 Å². The second-order valence-corrected chi connectivity index (χ2v) is 3.66. The molecular formula is C10H18N2O4. The molecule has 2 heterocycles. The van der Waals surface area contributed by atoms with Crippen LogP contribution in [0.4, 0.5) is 9.59 Å². The molecule has 2 fully saturated rings. The second kappa shape index (κ2) is 6.19. The maximum atomic E-state index is 10.3. The fraction of sp³-hybridized carbons (Fsp3) is 0.800. The van der Waals surface area contributed by atoms with E-state index < -0.39 is 0 Å². The molecule has 0 aliphatic carbocycles. The number of carbonyl (C=O) groups is 2. The summed E-state index contributed by atoms with van der Waals surface area (Å²) >= 11 is 0. The van der Waals surface area contributed by atoms with Gasteiger partial charge in [-0.05, 0) is 12.8 Å². The van der Waals surface area contributed by atoms with E-state index in [2.05, 4.69) is 15.4 Å². The van der Waals surface area contributed by atoms with Gasteiger partial charge in [0.15, 0.2) is 0 Å². The van der Waals surface area contributed by atoms with Gasteiger partial charge in [-0.3, -0.25) is 0 Å². The number of carbonyl (C=O) groups excluding carboxylic acids is 2. The summed E-state index contributed by atoms with van der Waals surface area (Å²) in [6.07, 6.45) is 1.40. The van der Waals surface area contributed by atoms with Crippen molar-refractivity contribution in [1.29, 1.82) is 0 Å². The summed E-state index contributed by atoms with van der Waals surface area (Å²) in [5, 5.41) is 5.20. The third kappa shape index (κ3) is 3.96. The summed E-state index contributed by atoms with van der Waals surface area (Å²) in [7, 11) is 0. The summed E-state index contributed by atoms with van der Waals surface area (Å²) in [6.45, 7) is 5.22. The number of nitrogens with one attached hydrogen (secondary N) is 2. The molecule has 0 unspecified atom stereocenters. The van der Waals surface area contributed by atoms with Crippen LogP contribution in [-0.4, -0.2) is 37.5 Å². The Hall–Kier alpha value is -1.46. The molecule has 2 rings (SSSR count). The zero-order valence-corrected chi connectivity index (χ0v) is 9.62. The van der Waals surface area contributed by atoms with Crippen molar-refractivity contribution in [2.75, 3.05) is 13.2 Å². The van der Waals surface area contributed by atoms with Crippen LogP contribution >= 0.6 is 0 Å². The van der Waals surface area contributed by atoms with Crippen molar-refractivity contribution in [1.82, 2.24) is 10.6 Å². The predicted molar refractivity (Wildman–Crippen MR) is 57.1 cm³/mol. The van der Waals surface area contributed by atoms with Crippen molar-refractivity contribution in [3.8, 4) is 0 Å². The molecule has 0 bridgehead atoms. The Labute approximate surface area is 94.7 Å². The first-order chi connectivity index (χ1) is 7.65. The highest BCUT2D eigenvalue weighted by molar-refractivity contribution is 5.69. The van der Waals surface area contributed by atoms with E-state index in [1.54, 1.807) is 0 Å². The highest BCUT2D eigenvalue weighted by Crippen LogP contribution is 2.02. The molecule has 2 amide bonds. The van der Waals surface area contributed by atoms with E-state index in [0.717, 1.165) is 12.8 Å². The van der Waals surface area contributed by atoms with Crippen molar-refractivity contribution in [3.05, 3.63) is 0 Å². The van der Waals surface area contributed by atoms with Gasteiger partial charge in [0.05, 0.1) is 12.6 Å². The molecule has 6 heteroatoms. The zero-order valence-electron chi connectivity index (χ0n) is 9.62. The van der Waals surface area contributed by atoms with Gasteiger partial charge in [0.25, 0.3) is 0 Å². The molecule has 0 spiro atoms. The van der Waals surface area contributed by atoms with E-state index in [9.17, 15) is 9.59 Å². The van der Waals surface area contributed by atoms with Crippen LogP contribution in [0.5, 0.6) is 0 Å². The van der Waals surface area contributed by atoms with Crippen molar-refractivity contribution in [2.24, 2.45) is 0 Å². The van der Waals surface area contributed by atoms with E-state index in [1.165, 1.54) is 0 Å². The number of amides is 2. The molecule has 6 nitrogen and oxygen atoms in total. The summed E-state index contributed by atoms with van der Waals surface area (Å²) in [6, 6.07) is 0.252. The Balaban J connectivity index is 0.000000160. The monoisotopic (exact) mass is 230 g/mol. The van der Waals surface area contributed by atoms with Crippen molar-refractivity contribution >= 4 is 12.2 Å². The Morgan fingerprint density at radius 1 is 1.25 bits per heavy atom. The number of cyclic esters (lactones) is 2. The maximum Gasteiger partial charge on any atom is 0.407 e. The minimum atomic E-state index is -0.281. The third-order valence-corrected chi connectivity index (χ3v) is 2.43. The minimum Gasteiger partial charge on any atom is -0.447 e. The molecular weight excluding hydrogens is 212 g/mol. The van der Waals surface area contributed by atoms with Crippen LogP contribution in [0.3, 0.4) is 0 Å². The SMILES string of the molecule is CC[C@@H]1CNC(=O)O1.CC[C@H]1COC(=O)N1. The number of rotatable bonds is 2. The van der Waals surface area contributed by atoms with Crippen LogP contribution in [0.2, 0.25) is 0 Å². The lowest BCUT2D eigenvalue weighted by Crippen LogP contribution is -2.24. The maximum absolute atomic E-state index is 10.3. The molecule has 92 valence electrons. The molecule has 2 N–H and O–H groups in total. The number of ether oxygens (including phenoxy) is 2. The third-order valence-electron chi connectivity index (χ3n) is 2.43. The molecule has 2 atom stereocenters. The van der Waals surface area contributed by atoms with Gasteiger partial charge in [-0.15, -0.1) is 0 Å². The smallest absolute Gasteiger partial charge is 0.407 e. The zero-order chi connectivity index (χ0) is 12.0. The van der Waals surface area contributed by atoms with Gasteiger partial charge in [-0.1, -0.05) is 13.8 Å². The lowest BCUT2D eigenvalue weighted by atomic mass is 10.3. The first kappa shape index (κ1) is 12.6. The summed E-state index contributed by atoms with van der Waals surface area (Å²) in [5.74, 6) is 0. The fourth-order valence-corrected chi connectivity index (χ4v) is 1.31. The quantitative estimate of drug-likeness (QED) is 0.742. The van der Waals surface area contributed by atoms with E-state index >= 15 is 0 Å². The lowest BCUT2D eigenvalue weighted by Gasteiger charge is -1.99. The molecule has 0 saturated carbocycles. The van der Waals surface area contributed by atoms with Gasteiger partial charge in [0.1, 0.15) is 12.7 Å². The lowest BCUT2D eigenvalue weighted by molar-refractivity contribution is 0.138. The predicted octanol–water partition coefficient (Wildman–Crippen LogP) is 1.01. The highest BCUT2D eigenvalue weighted by atomic mass is 16.6. The molecule has 0 radical (unpaired) electrons. The van der Waals surface area contributed by atoms with Crippen LogP contribution in [0, 0.1) is 0 Å². The van der Waals surface area contributed by atoms with E-state index in [0.29, 0.717) is 13.2 Å². The Morgan fingerprint density at radius 2 is 2.00 bits per heavy atom. The van der Waals surface area contributed by atoms with Crippen molar-refractivity contribution < 1.29 is 19.1 Å². The molecule has 2 saturated heterocycles. The molecule has 2 aliphatic rings. The van der Waals surface area contributed by atoms with Gasteiger partial charge in [0, 0.05) is 0 Å². The first-order valence-electron chi connectivity index (χ1n) is 5.53. The van der Waals surface area contributed by atoms with Gasteiger partial charge in [-0.25, -0.2) is 9.59 Å². The Bertz CT molecular complexity index is 231. The number of alkyl carbamates (subject to hydrolysis) is 2. The molecule has 0 aromatic heterocycles. The molecule has 0 aromatic rings. The number of hydrogen-bond acceptors (Lipinski definition) is 4. The van der Waals surface area contributed by atoms with Crippen LogP contribution in [0.15, 0.2) is 0 Å². The minimum absolute atomic E-state index is 0.113. The van der Waals surface area contributed by atoms with Gasteiger partial charge in [-0.2, -0.15) is 0 Å². The highest BCUT2D eigenvalue weighted by Gasteiger charge is 2.19. The fourth-order valence-electron chi connectivity index (χ4n) is 1.31. The number of hydrogen-bond donors (Lipinski definition) is 2. The van der Waals surface area contributed by atoms with Gasteiger partial charge >= 0.3 is 12.2 Å². The summed E-state index contributed by atoms with van der Waals surface area (Å²) in [4.78, 5) is 20.6.